The fourth-order valence-electron chi connectivity index (χ4n) is 4.64. The number of rotatable bonds is 6. The molecule has 0 spiro atoms. The van der Waals surface area contributed by atoms with Crippen molar-refractivity contribution in [1.29, 1.82) is 0 Å². The maximum Gasteiger partial charge on any atom is 0.258 e. The first-order valence-corrected chi connectivity index (χ1v) is 11.8. The summed E-state index contributed by atoms with van der Waals surface area (Å²) in [5, 5.41) is 6.92. The van der Waals surface area contributed by atoms with E-state index in [2.05, 4.69) is 15.5 Å². The van der Waals surface area contributed by atoms with Crippen molar-refractivity contribution in [2.75, 3.05) is 26.0 Å². The number of hydrogen-bond donors (Lipinski definition) is 1. The molecule has 30 heavy (non-hydrogen) atoms. The van der Waals surface area contributed by atoms with Gasteiger partial charge >= 0.3 is 0 Å². The van der Waals surface area contributed by atoms with E-state index in [1.165, 1.54) is 10.6 Å². The minimum atomic E-state index is -3.33. The highest BCUT2D eigenvalue weighted by atomic mass is 32.2. The largest absolute Gasteiger partial charge is 0.484 e. The summed E-state index contributed by atoms with van der Waals surface area (Å²) >= 11 is 0. The molecule has 1 N–H and O–H groups in total. The minimum Gasteiger partial charge on any atom is -0.484 e. The normalized spacial score (nSPS) is 26.5. The lowest BCUT2D eigenvalue weighted by molar-refractivity contribution is -0.123. The molecule has 1 aromatic heterocycles. The number of sulfonamides is 1. The smallest absolute Gasteiger partial charge is 0.258 e. The fraction of sp³-hybridized carbons (Fsp3) is 0.550. The Bertz CT molecular complexity index is 1050. The van der Waals surface area contributed by atoms with Crippen LogP contribution in [0.3, 0.4) is 0 Å². The summed E-state index contributed by atoms with van der Waals surface area (Å²) in [4.78, 5) is 16.9. The summed E-state index contributed by atoms with van der Waals surface area (Å²) in [5.74, 6) is 1.39. The number of ether oxygens (including phenoxy) is 1. The van der Waals surface area contributed by atoms with Gasteiger partial charge in [-0.1, -0.05) is 17.3 Å². The standard InChI is InChI=1S/C20H26N4O5S/c1-13-5-4-6-17(7-13)28-11-18(25)22-16-8-15-10-24(30(3,26)27)12-20(15,9-16)19-21-14(2)23-29-19/h4-7,15-16H,8-12H2,1-3H3,(H,22,25)/t15-,16+,20-/m0/s1. The topological polar surface area (TPSA) is 115 Å². The Labute approximate surface area is 175 Å². The van der Waals surface area contributed by atoms with Crippen molar-refractivity contribution in [1.82, 2.24) is 19.8 Å². The van der Waals surface area contributed by atoms with E-state index in [1.807, 2.05) is 31.2 Å². The minimum absolute atomic E-state index is 0.00457. The number of carbonyl (C=O) groups is 1. The molecule has 10 heteroatoms. The number of nitrogens with one attached hydrogen (secondary N) is 1. The molecule has 0 bridgehead atoms. The lowest BCUT2D eigenvalue weighted by Crippen LogP contribution is -2.40. The Morgan fingerprint density at radius 1 is 1.40 bits per heavy atom. The molecule has 2 aliphatic rings. The summed E-state index contributed by atoms with van der Waals surface area (Å²) in [5.41, 5.74) is 0.475. The van der Waals surface area contributed by atoms with Crippen LogP contribution < -0.4 is 10.1 Å². The molecule has 1 aliphatic heterocycles. The number of aryl methyl sites for hydroxylation is 2. The van der Waals surface area contributed by atoms with Crippen LogP contribution in [0.1, 0.15) is 30.1 Å². The molecule has 1 aromatic carbocycles. The van der Waals surface area contributed by atoms with Crippen LogP contribution in [-0.2, 0) is 20.2 Å². The first-order valence-electron chi connectivity index (χ1n) is 9.90. The van der Waals surface area contributed by atoms with Crippen LogP contribution in [0.15, 0.2) is 28.8 Å². The van der Waals surface area contributed by atoms with Crippen molar-refractivity contribution in [3.05, 3.63) is 41.5 Å². The second-order valence-electron chi connectivity index (χ2n) is 8.36. The van der Waals surface area contributed by atoms with Crippen molar-refractivity contribution in [2.45, 2.75) is 38.1 Å². The molecule has 2 heterocycles. The van der Waals surface area contributed by atoms with E-state index in [9.17, 15) is 13.2 Å². The van der Waals surface area contributed by atoms with Gasteiger partial charge in [-0.3, -0.25) is 4.79 Å². The van der Waals surface area contributed by atoms with Gasteiger partial charge in [0.2, 0.25) is 15.9 Å². The molecule has 1 amide bonds. The predicted octanol–water partition coefficient (Wildman–Crippen LogP) is 1.17. The van der Waals surface area contributed by atoms with Gasteiger partial charge in [-0.2, -0.15) is 4.98 Å². The number of carbonyl (C=O) groups excluding carboxylic acids is 1. The number of benzene rings is 1. The molecular weight excluding hydrogens is 408 g/mol. The Balaban J connectivity index is 1.44. The molecule has 1 saturated heterocycles. The fourth-order valence-corrected chi connectivity index (χ4v) is 5.56. The van der Waals surface area contributed by atoms with Crippen molar-refractivity contribution >= 4 is 15.9 Å². The molecule has 1 aliphatic carbocycles. The van der Waals surface area contributed by atoms with Gasteiger partial charge in [0.15, 0.2) is 12.4 Å². The van der Waals surface area contributed by atoms with Gasteiger partial charge in [0.1, 0.15) is 5.75 Å². The molecule has 2 aromatic rings. The molecule has 3 atom stereocenters. The number of hydrogen-bond acceptors (Lipinski definition) is 7. The SMILES string of the molecule is Cc1cccc(OCC(=O)N[C@@H]2C[C@H]3CN(S(C)(=O)=O)C[C@@]3(c3nc(C)no3)C2)c1. The average Bonchev–Trinajstić information content (AvgIpc) is 3.32. The molecular formula is C20H26N4O5S. The third-order valence-electron chi connectivity index (χ3n) is 5.99. The molecule has 0 radical (unpaired) electrons. The van der Waals surface area contributed by atoms with E-state index in [4.69, 9.17) is 9.26 Å². The molecule has 0 unspecified atom stereocenters. The van der Waals surface area contributed by atoms with E-state index in [1.54, 1.807) is 6.92 Å². The van der Waals surface area contributed by atoms with Crippen molar-refractivity contribution in [2.24, 2.45) is 5.92 Å². The van der Waals surface area contributed by atoms with Crippen LogP contribution in [0, 0.1) is 19.8 Å². The Morgan fingerprint density at radius 3 is 2.87 bits per heavy atom. The zero-order valence-corrected chi connectivity index (χ0v) is 18.1. The van der Waals surface area contributed by atoms with Gasteiger partial charge < -0.3 is 14.6 Å². The van der Waals surface area contributed by atoms with E-state index >= 15 is 0 Å². The second-order valence-corrected chi connectivity index (χ2v) is 10.3. The van der Waals surface area contributed by atoms with Crippen LogP contribution in [0.5, 0.6) is 5.75 Å². The average molecular weight is 435 g/mol. The molecule has 4 rings (SSSR count). The summed E-state index contributed by atoms with van der Waals surface area (Å²) in [6, 6.07) is 7.41. The first kappa shape index (κ1) is 20.8. The maximum atomic E-state index is 12.5. The Kier molecular flexibility index (Phi) is 5.31. The number of nitrogens with zero attached hydrogens (tertiary/aromatic N) is 3. The van der Waals surface area contributed by atoms with Crippen molar-refractivity contribution in [3.63, 3.8) is 0 Å². The second kappa shape index (κ2) is 7.66. The summed E-state index contributed by atoms with van der Waals surface area (Å²) in [7, 11) is -3.33. The third kappa shape index (κ3) is 4.06. The lowest BCUT2D eigenvalue weighted by Gasteiger charge is -2.24. The van der Waals surface area contributed by atoms with E-state index in [-0.39, 0.29) is 31.0 Å². The number of fused-ring (bicyclic) bond motifs is 1. The van der Waals surface area contributed by atoms with Crippen LogP contribution in [0.25, 0.3) is 0 Å². The van der Waals surface area contributed by atoms with Gasteiger partial charge in [-0.15, -0.1) is 0 Å². The molecule has 9 nitrogen and oxygen atoms in total. The maximum absolute atomic E-state index is 12.5. The highest BCUT2D eigenvalue weighted by Crippen LogP contribution is 2.50. The highest BCUT2D eigenvalue weighted by Gasteiger charge is 2.58. The van der Waals surface area contributed by atoms with Crippen molar-refractivity contribution < 1.29 is 22.5 Å². The van der Waals surface area contributed by atoms with Gasteiger partial charge in [0.25, 0.3) is 5.91 Å². The third-order valence-corrected chi connectivity index (χ3v) is 7.21. The molecule has 162 valence electrons. The van der Waals surface area contributed by atoms with Crippen LogP contribution in [0.2, 0.25) is 0 Å². The summed E-state index contributed by atoms with van der Waals surface area (Å²) in [6.07, 6.45) is 2.40. The number of amides is 1. The van der Waals surface area contributed by atoms with Crippen LogP contribution >= 0.6 is 0 Å². The lowest BCUT2D eigenvalue weighted by atomic mass is 9.80. The summed E-state index contributed by atoms with van der Waals surface area (Å²) in [6.45, 7) is 4.28. The first-order chi connectivity index (χ1) is 14.2. The van der Waals surface area contributed by atoms with Crippen LogP contribution in [-0.4, -0.2) is 60.8 Å². The monoisotopic (exact) mass is 434 g/mol. The van der Waals surface area contributed by atoms with Gasteiger partial charge in [0.05, 0.1) is 11.7 Å². The van der Waals surface area contributed by atoms with E-state index in [0.29, 0.717) is 36.9 Å². The molecule has 1 saturated carbocycles. The Morgan fingerprint density at radius 2 is 2.20 bits per heavy atom. The molecule has 2 fully saturated rings. The number of aromatic nitrogens is 2. The quantitative estimate of drug-likeness (QED) is 0.726. The Hall–Kier alpha value is -2.46. The van der Waals surface area contributed by atoms with Crippen molar-refractivity contribution in [3.8, 4) is 5.75 Å². The van der Waals surface area contributed by atoms with Gasteiger partial charge in [0, 0.05) is 19.1 Å². The summed E-state index contributed by atoms with van der Waals surface area (Å²) < 4.78 is 36.8. The van der Waals surface area contributed by atoms with Gasteiger partial charge in [-0.25, -0.2) is 12.7 Å². The zero-order chi connectivity index (χ0) is 21.5. The van der Waals surface area contributed by atoms with Crippen LogP contribution in [0.4, 0.5) is 0 Å². The van der Waals surface area contributed by atoms with E-state index < -0.39 is 15.4 Å². The highest BCUT2D eigenvalue weighted by molar-refractivity contribution is 7.88. The zero-order valence-electron chi connectivity index (χ0n) is 17.3. The van der Waals surface area contributed by atoms with Gasteiger partial charge in [-0.05, 0) is 50.3 Å². The van der Waals surface area contributed by atoms with E-state index in [0.717, 1.165) is 5.56 Å². The predicted molar refractivity (Wildman–Crippen MR) is 108 cm³/mol.